The summed E-state index contributed by atoms with van der Waals surface area (Å²) < 4.78 is 2.51. The number of rotatable bonds is 1. The Morgan fingerprint density at radius 1 is 1.33 bits per heavy atom. The van der Waals surface area contributed by atoms with Gasteiger partial charge in [0.05, 0.1) is 11.2 Å². The van der Waals surface area contributed by atoms with Crippen LogP contribution >= 0.6 is 23.8 Å². The van der Waals surface area contributed by atoms with Gasteiger partial charge in [0, 0.05) is 11.2 Å². The molecular formula is C13H10ClN3S. The molecule has 3 nitrogen and oxygen atoms in total. The number of aryl methyl sites for hydroxylation is 1. The normalized spacial score (nSPS) is 11.0. The first kappa shape index (κ1) is 11.4. The second-order valence-corrected chi connectivity index (χ2v) is 4.90. The maximum atomic E-state index is 6.02. The Morgan fingerprint density at radius 2 is 2.17 bits per heavy atom. The van der Waals surface area contributed by atoms with Gasteiger partial charge in [-0.15, -0.1) is 0 Å². The third-order valence-electron chi connectivity index (χ3n) is 2.85. The molecule has 0 unspecified atom stereocenters. The van der Waals surface area contributed by atoms with Gasteiger partial charge in [0.1, 0.15) is 0 Å². The fraction of sp³-hybridized carbons (Fsp3) is 0.0769. The summed E-state index contributed by atoms with van der Waals surface area (Å²) >= 11 is 11.4. The molecule has 0 atom stereocenters. The van der Waals surface area contributed by atoms with Crippen LogP contribution in [-0.4, -0.2) is 14.5 Å². The van der Waals surface area contributed by atoms with Gasteiger partial charge in [-0.1, -0.05) is 17.7 Å². The molecule has 5 heteroatoms. The van der Waals surface area contributed by atoms with Crippen molar-refractivity contribution in [3.63, 3.8) is 0 Å². The van der Waals surface area contributed by atoms with Crippen LogP contribution in [0.2, 0.25) is 5.02 Å². The molecule has 1 aromatic carbocycles. The van der Waals surface area contributed by atoms with Crippen LogP contribution in [0.15, 0.2) is 36.5 Å². The number of hydrogen-bond donors (Lipinski definition) is 1. The number of aromatic amines is 1. The Kier molecular flexibility index (Phi) is 2.69. The topological polar surface area (TPSA) is 33.6 Å². The first-order chi connectivity index (χ1) is 8.66. The Hall–Kier alpha value is -1.65. The summed E-state index contributed by atoms with van der Waals surface area (Å²) in [6.45, 7) is 2.03. The molecule has 2 heterocycles. The van der Waals surface area contributed by atoms with Crippen molar-refractivity contribution in [1.29, 1.82) is 0 Å². The van der Waals surface area contributed by atoms with Crippen LogP contribution in [0.25, 0.3) is 16.9 Å². The third kappa shape index (κ3) is 1.74. The molecule has 90 valence electrons. The molecule has 0 bridgehead atoms. The maximum absolute atomic E-state index is 6.02. The van der Waals surface area contributed by atoms with Crippen molar-refractivity contribution < 1.29 is 0 Å². The van der Waals surface area contributed by atoms with Crippen LogP contribution < -0.4 is 0 Å². The number of nitrogens with zero attached hydrogens (tertiary/aromatic N) is 2. The maximum Gasteiger partial charge on any atom is 0.184 e. The van der Waals surface area contributed by atoms with Crippen molar-refractivity contribution in [2.45, 2.75) is 6.92 Å². The lowest BCUT2D eigenvalue weighted by Crippen LogP contribution is -1.95. The van der Waals surface area contributed by atoms with E-state index in [2.05, 4.69) is 9.97 Å². The smallest absolute Gasteiger partial charge is 0.184 e. The van der Waals surface area contributed by atoms with Crippen LogP contribution in [-0.2, 0) is 0 Å². The highest BCUT2D eigenvalue weighted by Gasteiger charge is 2.09. The zero-order valence-electron chi connectivity index (χ0n) is 9.64. The largest absolute Gasteiger partial charge is 0.329 e. The van der Waals surface area contributed by atoms with Gasteiger partial charge >= 0.3 is 0 Å². The van der Waals surface area contributed by atoms with Crippen molar-refractivity contribution in [3.8, 4) is 5.69 Å². The van der Waals surface area contributed by atoms with Gasteiger partial charge in [-0.05, 0) is 49.0 Å². The molecule has 3 rings (SSSR count). The summed E-state index contributed by atoms with van der Waals surface area (Å²) in [7, 11) is 0. The minimum atomic E-state index is 0.620. The van der Waals surface area contributed by atoms with Gasteiger partial charge in [0.25, 0.3) is 0 Å². The van der Waals surface area contributed by atoms with Crippen LogP contribution in [0, 0.1) is 11.7 Å². The molecule has 1 N–H and O–H groups in total. The Bertz CT molecular complexity index is 788. The molecule has 0 spiro atoms. The summed E-state index contributed by atoms with van der Waals surface area (Å²) in [5, 5.41) is 0.677. The summed E-state index contributed by atoms with van der Waals surface area (Å²) in [4.78, 5) is 7.58. The number of nitrogens with one attached hydrogen (secondary N) is 1. The highest BCUT2D eigenvalue weighted by molar-refractivity contribution is 7.71. The molecule has 0 amide bonds. The number of halogens is 1. The second kappa shape index (κ2) is 4.23. The van der Waals surface area contributed by atoms with Crippen molar-refractivity contribution in [2.75, 3.05) is 0 Å². The predicted molar refractivity (Wildman–Crippen MR) is 76.0 cm³/mol. The van der Waals surface area contributed by atoms with Crippen molar-refractivity contribution >= 4 is 35.0 Å². The summed E-state index contributed by atoms with van der Waals surface area (Å²) in [5.41, 5.74) is 3.81. The first-order valence-corrected chi connectivity index (χ1v) is 6.28. The number of benzene rings is 1. The molecule has 3 aromatic rings. The highest BCUT2D eigenvalue weighted by Crippen LogP contribution is 2.21. The number of imidazole rings is 1. The fourth-order valence-corrected chi connectivity index (χ4v) is 2.46. The van der Waals surface area contributed by atoms with E-state index in [1.54, 1.807) is 6.20 Å². The zero-order chi connectivity index (χ0) is 12.7. The van der Waals surface area contributed by atoms with Gasteiger partial charge in [-0.3, -0.25) is 4.57 Å². The van der Waals surface area contributed by atoms with E-state index in [1.165, 1.54) is 0 Å². The first-order valence-electron chi connectivity index (χ1n) is 5.49. The fourth-order valence-electron chi connectivity index (χ4n) is 1.98. The number of fused-ring (bicyclic) bond motifs is 1. The molecule has 18 heavy (non-hydrogen) atoms. The van der Waals surface area contributed by atoms with Crippen molar-refractivity contribution in [3.05, 3.63) is 51.9 Å². The molecule has 0 radical (unpaired) electrons. The van der Waals surface area contributed by atoms with E-state index >= 15 is 0 Å². The Morgan fingerprint density at radius 3 is 2.94 bits per heavy atom. The summed E-state index contributed by atoms with van der Waals surface area (Å²) in [6.07, 6.45) is 1.78. The lowest BCUT2D eigenvalue weighted by Gasteiger charge is -2.04. The molecule has 0 fully saturated rings. The summed E-state index contributed by atoms with van der Waals surface area (Å²) in [6, 6.07) is 9.51. The SMILES string of the molecule is Cc1ccnc2c1[nH]c(=S)n2-c1cccc(Cl)c1. The molecule has 0 saturated heterocycles. The van der Waals surface area contributed by atoms with Gasteiger partial charge in [0.2, 0.25) is 0 Å². The number of aromatic nitrogens is 3. The predicted octanol–water partition coefficient (Wildman–Crippen LogP) is 4.04. The van der Waals surface area contributed by atoms with Crippen LogP contribution in [0.3, 0.4) is 0 Å². The highest BCUT2D eigenvalue weighted by atomic mass is 35.5. The van der Waals surface area contributed by atoms with E-state index in [-0.39, 0.29) is 0 Å². The average molecular weight is 276 g/mol. The Labute approximate surface area is 114 Å². The van der Waals surface area contributed by atoms with E-state index < -0.39 is 0 Å². The number of H-pyrrole nitrogens is 1. The molecule has 0 aliphatic carbocycles. The van der Waals surface area contributed by atoms with Crippen molar-refractivity contribution in [2.24, 2.45) is 0 Å². The van der Waals surface area contributed by atoms with E-state index in [1.807, 2.05) is 41.8 Å². The molecule has 0 saturated carbocycles. The zero-order valence-corrected chi connectivity index (χ0v) is 11.2. The van der Waals surface area contributed by atoms with Gasteiger partial charge < -0.3 is 4.98 Å². The monoisotopic (exact) mass is 275 g/mol. The third-order valence-corrected chi connectivity index (χ3v) is 3.37. The van der Waals surface area contributed by atoms with Crippen LogP contribution in [0.5, 0.6) is 0 Å². The van der Waals surface area contributed by atoms with Crippen molar-refractivity contribution in [1.82, 2.24) is 14.5 Å². The van der Waals surface area contributed by atoms with E-state index in [4.69, 9.17) is 23.8 Å². The lowest BCUT2D eigenvalue weighted by molar-refractivity contribution is 1.04. The quantitative estimate of drug-likeness (QED) is 0.680. The van der Waals surface area contributed by atoms with Crippen LogP contribution in [0.4, 0.5) is 0 Å². The molecule has 2 aromatic heterocycles. The summed E-state index contributed by atoms with van der Waals surface area (Å²) in [5.74, 6) is 0. The van der Waals surface area contributed by atoms with E-state index in [9.17, 15) is 0 Å². The minimum Gasteiger partial charge on any atom is -0.329 e. The number of pyridine rings is 1. The second-order valence-electron chi connectivity index (χ2n) is 4.07. The van der Waals surface area contributed by atoms with Crippen LogP contribution in [0.1, 0.15) is 5.56 Å². The lowest BCUT2D eigenvalue weighted by atomic mass is 10.2. The van der Waals surface area contributed by atoms with E-state index in [0.717, 1.165) is 22.4 Å². The minimum absolute atomic E-state index is 0.620. The van der Waals surface area contributed by atoms with E-state index in [0.29, 0.717) is 9.79 Å². The molecular weight excluding hydrogens is 266 g/mol. The van der Waals surface area contributed by atoms with Gasteiger partial charge in [0.15, 0.2) is 10.4 Å². The Balaban J connectivity index is 2.39. The standard InChI is InChI=1S/C13H10ClN3S/c1-8-5-6-15-12-11(8)16-13(18)17(12)10-4-2-3-9(14)7-10/h2-7H,1H3,(H,16,18). The number of hydrogen-bond acceptors (Lipinski definition) is 2. The van der Waals surface area contributed by atoms with Gasteiger partial charge in [-0.25, -0.2) is 4.98 Å². The molecule has 0 aliphatic heterocycles. The average Bonchev–Trinajstić information content (AvgIpc) is 2.67. The molecule has 0 aliphatic rings. The van der Waals surface area contributed by atoms with Gasteiger partial charge in [-0.2, -0.15) is 0 Å².